The van der Waals surface area contributed by atoms with Crippen LogP contribution in [0.5, 0.6) is 6.01 Å². The van der Waals surface area contributed by atoms with E-state index in [2.05, 4.69) is 36.2 Å². The molecule has 0 radical (unpaired) electrons. The molecule has 0 unspecified atom stereocenters. The lowest BCUT2D eigenvalue weighted by atomic mass is 10.0. The highest BCUT2D eigenvalue weighted by atomic mass is 79.9. The number of fused-ring (bicyclic) bond motifs is 1. The quantitative estimate of drug-likeness (QED) is 0.385. The molecule has 148 valence electrons. The largest absolute Gasteiger partial charge is 0.462 e. The summed E-state index contributed by atoms with van der Waals surface area (Å²) in [6.07, 6.45) is -2.85. The first-order valence-corrected chi connectivity index (χ1v) is 9.54. The van der Waals surface area contributed by atoms with Crippen molar-refractivity contribution in [2.75, 3.05) is 17.8 Å². The maximum atomic E-state index is 13.1. The van der Waals surface area contributed by atoms with E-state index in [-0.39, 0.29) is 30.6 Å². The molecule has 3 aromatic rings. The summed E-state index contributed by atoms with van der Waals surface area (Å²) in [5, 5.41) is 3.74. The molecule has 0 atom stereocenters. The van der Waals surface area contributed by atoms with Crippen molar-refractivity contribution in [3.63, 3.8) is 0 Å². The highest BCUT2D eigenvalue weighted by Gasteiger charge is 2.32. The van der Waals surface area contributed by atoms with Crippen molar-refractivity contribution >= 4 is 44.3 Å². The van der Waals surface area contributed by atoms with Crippen LogP contribution in [0, 0.1) is 6.92 Å². The van der Waals surface area contributed by atoms with E-state index >= 15 is 0 Å². The normalized spacial score (nSPS) is 11.6. The molecule has 0 spiro atoms. The third kappa shape index (κ3) is 4.64. The summed E-state index contributed by atoms with van der Waals surface area (Å²) in [5.74, 6) is 0.695. The molecule has 0 bridgehead atoms. The van der Waals surface area contributed by atoms with Crippen LogP contribution in [-0.2, 0) is 12.7 Å². The Balaban J connectivity index is 1.95. The molecule has 1 N–H and O–H groups in total. The van der Waals surface area contributed by atoms with Gasteiger partial charge in [-0.3, -0.25) is 0 Å². The minimum Gasteiger partial charge on any atom is -0.462 e. The molecule has 10 heteroatoms. The maximum absolute atomic E-state index is 13.1. The molecule has 2 heterocycles. The molecule has 0 aliphatic heterocycles. The van der Waals surface area contributed by atoms with Crippen molar-refractivity contribution in [1.82, 2.24) is 15.0 Å². The molecule has 3 rings (SSSR count). The van der Waals surface area contributed by atoms with Crippen LogP contribution < -0.4 is 10.1 Å². The van der Waals surface area contributed by atoms with Crippen LogP contribution in [0.3, 0.4) is 0 Å². The summed E-state index contributed by atoms with van der Waals surface area (Å²) >= 11 is 8.93. The maximum Gasteiger partial charge on any atom is 0.416 e. The van der Waals surface area contributed by atoms with E-state index in [0.717, 1.165) is 6.07 Å². The van der Waals surface area contributed by atoms with Crippen LogP contribution >= 0.6 is 27.5 Å². The molecule has 0 fully saturated rings. The monoisotopic (exact) mass is 474 g/mol. The number of anilines is 1. The van der Waals surface area contributed by atoms with E-state index in [4.69, 9.17) is 16.3 Å². The fraction of sp³-hybridized carbons (Fsp3) is 0.278. The Morgan fingerprint density at radius 3 is 2.75 bits per heavy atom. The summed E-state index contributed by atoms with van der Waals surface area (Å²) < 4.78 is 45.4. The van der Waals surface area contributed by atoms with Crippen molar-refractivity contribution in [2.24, 2.45) is 0 Å². The molecule has 1 aromatic carbocycles. The summed E-state index contributed by atoms with van der Waals surface area (Å²) in [4.78, 5) is 12.7. The van der Waals surface area contributed by atoms with Gasteiger partial charge in [0.05, 0.1) is 23.2 Å². The Labute approximate surface area is 172 Å². The average molecular weight is 476 g/mol. The molecule has 2 aromatic heterocycles. The van der Waals surface area contributed by atoms with E-state index in [1.807, 2.05) is 0 Å². The Bertz CT molecular complexity index is 1000. The Kier molecular flexibility index (Phi) is 6.24. The number of hydrogen-bond donors (Lipinski definition) is 1. The number of pyridine rings is 1. The van der Waals surface area contributed by atoms with Gasteiger partial charge in [-0.2, -0.15) is 23.1 Å². The van der Waals surface area contributed by atoms with Gasteiger partial charge in [0.15, 0.2) is 0 Å². The number of nitrogens with zero attached hydrogens (tertiary/aromatic N) is 3. The predicted molar refractivity (Wildman–Crippen MR) is 105 cm³/mol. The zero-order valence-electron chi connectivity index (χ0n) is 14.6. The Morgan fingerprint density at radius 1 is 1.25 bits per heavy atom. The first-order chi connectivity index (χ1) is 13.3. The minimum atomic E-state index is -4.40. The van der Waals surface area contributed by atoms with Crippen LogP contribution in [0.2, 0.25) is 0 Å². The average Bonchev–Trinajstić information content (AvgIpc) is 2.64. The zero-order chi connectivity index (χ0) is 20.3. The van der Waals surface area contributed by atoms with Gasteiger partial charge in [-0.15, -0.1) is 11.6 Å². The summed E-state index contributed by atoms with van der Waals surface area (Å²) in [7, 11) is 0. The second-order valence-corrected chi connectivity index (χ2v) is 7.05. The van der Waals surface area contributed by atoms with E-state index < -0.39 is 11.7 Å². The van der Waals surface area contributed by atoms with Gasteiger partial charge >= 0.3 is 12.2 Å². The third-order valence-corrected chi connectivity index (χ3v) is 4.62. The first kappa shape index (κ1) is 20.6. The van der Waals surface area contributed by atoms with E-state index in [1.54, 1.807) is 18.3 Å². The van der Waals surface area contributed by atoms with Gasteiger partial charge in [0, 0.05) is 11.9 Å². The van der Waals surface area contributed by atoms with Gasteiger partial charge in [-0.05, 0) is 46.1 Å². The highest BCUT2D eigenvalue weighted by molar-refractivity contribution is 9.10. The third-order valence-electron chi connectivity index (χ3n) is 4.03. The standard InChI is InChI=1S/C18H15BrClF3N4O/c1-10-11(3-2-4-13(10)18(21,22)23)8-25-16-12-7-15(19)24-9-14(12)26-17(27-16)28-6-5-20/h2-4,7,9H,5-6,8H2,1H3,(H,25,26,27). The number of aromatic nitrogens is 3. The summed E-state index contributed by atoms with van der Waals surface area (Å²) in [6.45, 7) is 1.83. The number of ether oxygens (including phenoxy) is 1. The number of alkyl halides is 4. The van der Waals surface area contributed by atoms with E-state index in [1.165, 1.54) is 13.0 Å². The van der Waals surface area contributed by atoms with E-state index in [0.29, 0.717) is 26.9 Å². The van der Waals surface area contributed by atoms with Gasteiger partial charge in [0.1, 0.15) is 17.0 Å². The van der Waals surface area contributed by atoms with Crippen molar-refractivity contribution < 1.29 is 17.9 Å². The fourth-order valence-electron chi connectivity index (χ4n) is 2.68. The van der Waals surface area contributed by atoms with Gasteiger partial charge in [0.2, 0.25) is 0 Å². The SMILES string of the molecule is Cc1c(CNc2nc(OCCCl)nc3cnc(Br)cc23)cccc1C(F)(F)F. The number of rotatable bonds is 6. The predicted octanol–water partition coefficient (Wildman–Crippen LogP) is 5.34. The van der Waals surface area contributed by atoms with Crippen LogP contribution in [0.15, 0.2) is 35.1 Å². The molecule has 0 saturated heterocycles. The summed E-state index contributed by atoms with van der Waals surface area (Å²) in [6, 6.07) is 5.94. The van der Waals surface area contributed by atoms with E-state index in [9.17, 15) is 13.2 Å². The number of hydrogen-bond acceptors (Lipinski definition) is 5. The van der Waals surface area contributed by atoms with Crippen LogP contribution in [0.4, 0.5) is 19.0 Å². The highest BCUT2D eigenvalue weighted by Crippen LogP contribution is 2.33. The smallest absolute Gasteiger partial charge is 0.416 e. The first-order valence-electron chi connectivity index (χ1n) is 8.21. The van der Waals surface area contributed by atoms with Crippen molar-refractivity contribution in [3.05, 3.63) is 51.8 Å². The number of nitrogens with one attached hydrogen (secondary N) is 1. The number of benzene rings is 1. The molecule has 0 saturated carbocycles. The molecule has 0 aliphatic carbocycles. The van der Waals surface area contributed by atoms with Gasteiger partial charge in [-0.1, -0.05) is 12.1 Å². The van der Waals surface area contributed by atoms with Gasteiger partial charge in [-0.25, -0.2) is 4.98 Å². The lowest BCUT2D eigenvalue weighted by Crippen LogP contribution is -2.11. The molecule has 5 nitrogen and oxygen atoms in total. The lowest BCUT2D eigenvalue weighted by Gasteiger charge is -2.15. The van der Waals surface area contributed by atoms with Crippen LogP contribution in [0.25, 0.3) is 10.9 Å². The molecule has 0 aliphatic rings. The Morgan fingerprint density at radius 2 is 2.04 bits per heavy atom. The van der Waals surface area contributed by atoms with Gasteiger partial charge < -0.3 is 10.1 Å². The van der Waals surface area contributed by atoms with Crippen LogP contribution in [-0.4, -0.2) is 27.4 Å². The van der Waals surface area contributed by atoms with Crippen molar-refractivity contribution in [1.29, 1.82) is 0 Å². The lowest BCUT2D eigenvalue weighted by molar-refractivity contribution is -0.138. The zero-order valence-corrected chi connectivity index (χ0v) is 17.0. The second kappa shape index (κ2) is 8.48. The molecule has 28 heavy (non-hydrogen) atoms. The van der Waals surface area contributed by atoms with Gasteiger partial charge in [0.25, 0.3) is 0 Å². The fourth-order valence-corrected chi connectivity index (χ4v) is 3.08. The molecular formula is C18H15BrClF3N4O. The Hall–Kier alpha value is -2.13. The minimum absolute atomic E-state index is 0.112. The van der Waals surface area contributed by atoms with Crippen molar-refractivity contribution in [2.45, 2.75) is 19.6 Å². The summed E-state index contributed by atoms with van der Waals surface area (Å²) in [5.41, 5.74) is 0.559. The molecular weight excluding hydrogens is 461 g/mol. The van der Waals surface area contributed by atoms with Crippen LogP contribution in [0.1, 0.15) is 16.7 Å². The number of halogens is 5. The molecule has 0 amide bonds. The second-order valence-electron chi connectivity index (χ2n) is 5.86. The van der Waals surface area contributed by atoms with Crippen molar-refractivity contribution in [3.8, 4) is 6.01 Å². The topological polar surface area (TPSA) is 59.9 Å².